The summed E-state index contributed by atoms with van der Waals surface area (Å²) in [6, 6.07) is 1.05. The standard InChI is InChI=1S/C16H27BrN4O3Si.C10H12BrN3O3/c1-6-7-8-20-14(22)12-13(19(2)16(20)23)18-15(17)21(12)11-24-9-10-25(3,4)5;1-13-8-6(5-7(11)12-8)9(16)14(10(13)17)3-2-4-15/h6-11H2,1-5H3;15H,2-5H2,1H3. The molecule has 4 heterocycles. The molecule has 0 saturated carbocycles. The highest BCUT2D eigenvalue weighted by atomic mass is 79.9. The van der Waals surface area contributed by atoms with Crippen LogP contribution in [-0.4, -0.2) is 58.8 Å². The van der Waals surface area contributed by atoms with Crippen molar-refractivity contribution in [2.45, 2.75) is 78.1 Å². The number of nitrogens with zero attached hydrogens (tertiary/aromatic N) is 7. The van der Waals surface area contributed by atoms with Crippen LogP contribution in [0.15, 0.2) is 28.9 Å². The van der Waals surface area contributed by atoms with Crippen molar-refractivity contribution in [3.63, 3.8) is 0 Å². The number of hydrogen-bond donors (Lipinski definition) is 1. The zero-order valence-electron chi connectivity index (χ0n) is 24.9. The molecule has 0 radical (unpaired) electrons. The van der Waals surface area contributed by atoms with Gasteiger partial charge >= 0.3 is 11.4 Å². The van der Waals surface area contributed by atoms with Crippen LogP contribution in [0, 0.1) is 0 Å². The lowest BCUT2D eigenvalue weighted by Gasteiger charge is -2.16. The van der Waals surface area contributed by atoms with Crippen LogP contribution in [0.1, 0.15) is 31.7 Å². The number of unbranched alkanes of at least 4 members (excludes halogenated alkanes) is 1. The number of aliphatic hydroxyl groups is 1. The van der Waals surface area contributed by atoms with Gasteiger partial charge in [0.05, 0.1) is 10.2 Å². The molecule has 0 unspecified atom stereocenters. The summed E-state index contributed by atoms with van der Waals surface area (Å²) in [7, 11) is 2.06. The van der Waals surface area contributed by atoms with Gasteiger partial charge in [-0.2, -0.15) is 0 Å². The van der Waals surface area contributed by atoms with Gasteiger partial charge in [0.2, 0.25) is 0 Å². The Morgan fingerprint density at radius 2 is 1.55 bits per heavy atom. The van der Waals surface area contributed by atoms with Gasteiger partial charge in [0, 0.05) is 54.9 Å². The second-order valence-electron chi connectivity index (χ2n) is 11.3. The Kier molecular flexibility index (Phi) is 11.7. The van der Waals surface area contributed by atoms with E-state index in [-0.39, 0.29) is 36.7 Å². The topological polar surface area (TPSA) is 148 Å². The molecule has 4 rings (SSSR count). The summed E-state index contributed by atoms with van der Waals surface area (Å²) in [4.78, 5) is 57.7. The fraction of sp³-hybridized carbons (Fsp3) is 0.615. The Balaban J connectivity index is 0.000000247. The number of ether oxygens (including phenoxy) is 1. The normalized spacial score (nSPS) is 12.8. The van der Waals surface area contributed by atoms with E-state index in [4.69, 9.17) is 9.84 Å². The number of aliphatic imine (C=N–C) groups is 1. The zero-order chi connectivity index (χ0) is 31.4. The summed E-state index contributed by atoms with van der Waals surface area (Å²) in [6.45, 7) is 10.4. The summed E-state index contributed by atoms with van der Waals surface area (Å²) in [5.41, 5.74) is -0.0392. The van der Waals surface area contributed by atoms with E-state index in [1.807, 2.05) is 6.92 Å². The predicted molar refractivity (Wildman–Crippen MR) is 173 cm³/mol. The molecule has 0 aliphatic carbocycles. The van der Waals surface area contributed by atoms with Crippen LogP contribution in [0.3, 0.4) is 0 Å². The lowest BCUT2D eigenvalue weighted by Crippen LogP contribution is -2.40. The van der Waals surface area contributed by atoms with E-state index >= 15 is 0 Å². The van der Waals surface area contributed by atoms with Crippen LogP contribution in [0.5, 0.6) is 0 Å². The molecule has 3 aromatic heterocycles. The Hall–Kier alpha value is -2.40. The summed E-state index contributed by atoms with van der Waals surface area (Å²) in [5.74, 6) is 0.423. The molecule has 0 saturated heterocycles. The minimum atomic E-state index is -1.17. The van der Waals surface area contributed by atoms with E-state index in [0.29, 0.717) is 57.9 Å². The molecule has 0 spiro atoms. The molecule has 0 atom stereocenters. The molecule has 16 heteroatoms. The number of rotatable bonds is 11. The summed E-state index contributed by atoms with van der Waals surface area (Å²) in [6.07, 6.45) is 2.50. The quantitative estimate of drug-likeness (QED) is 0.181. The molecule has 1 aliphatic rings. The van der Waals surface area contributed by atoms with E-state index < -0.39 is 13.8 Å². The third-order valence-corrected chi connectivity index (χ3v) is 9.60. The number of aromatic nitrogens is 6. The predicted octanol–water partition coefficient (Wildman–Crippen LogP) is 2.68. The van der Waals surface area contributed by atoms with Gasteiger partial charge in [0.25, 0.3) is 11.1 Å². The first kappa shape index (κ1) is 34.1. The van der Waals surface area contributed by atoms with Crippen LogP contribution in [0.2, 0.25) is 25.7 Å². The molecule has 1 N–H and O–H groups in total. The van der Waals surface area contributed by atoms with Gasteiger partial charge in [-0.05, 0) is 50.7 Å². The van der Waals surface area contributed by atoms with E-state index in [0.717, 1.165) is 23.5 Å². The minimum Gasteiger partial charge on any atom is -0.396 e. The number of imidazole rings is 1. The summed E-state index contributed by atoms with van der Waals surface area (Å²) < 4.78 is 13.9. The SMILES string of the molecule is CCCCn1c(=O)c2c(nc(Br)n2COCC[Si](C)(C)C)n(C)c1=O.Cn1c2c(c(=O)n(CCCO)c1=O)CC(Br)=N2. The van der Waals surface area contributed by atoms with Gasteiger partial charge < -0.3 is 9.84 Å². The lowest BCUT2D eigenvalue weighted by molar-refractivity contribution is 0.0882. The van der Waals surface area contributed by atoms with Crippen LogP contribution < -0.4 is 22.5 Å². The van der Waals surface area contributed by atoms with Crippen LogP contribution in [0.4, 0.5) is 5.82 Å². The molecule has 1 aliphatic heterocycles. The first-order chi connectivity index (χ1) is 19.7. The van der Waals surface area contributed by atoms with Crippen molar-refractivity contribution >= 4 is 61.5 Å². The first-order valence-corrected chi connectivity index (χ1v) is 19.1. The Labute approximate surface area is 260 Å². The molecule has 0 amide bonds. The molecular weight excluding hydrogens is 694 g/mol. The smallest absolute Gasteiger partial charge is 0.332 e. The Bertz CT molecular complexity index is 1710. The van der Waals surface area contributed by atoms with Crippen molar-refractivity contribution in [3.05, 3.63) is 52.0 Å². The first-order valence-electron chi connectivity index (χ1n) is 13.8. The molecule has 42 heavy (non-hydrogen) atoms. The fourth-order valence-corrected chi connectivity index (χ4v) is 6.01. The maximum atomic E-state index is 12.9. The largest absolute Gasteiger partial charge is 0.396 e. The van der Waals surface area contributed by atoms with Gasteiger partial charge in [-0.3, -0.25) is 32.4 Å². The molecule has 3 aromatic rings. The maximum Gasteiger partial charge on any atom is 0.332 e. The third-order valence-electron chi connectivity index (χ3n) is 6.84. The average Bonchev–Trinajstić information content (AvgIpc) is 3.48. The van der Waals surface area contributed by atoms with Gasteiger partial charge in [-0.1, -0.05) is 33.0 Å². The highest BCUT2D eigenvalue weighted by Gasteiger charge is 2.23. The summed E-state index contributed by atoms with van der Waals surface area (Å²) >= 11 is 6.62. The average molecular weight is 734 g/mol. The molecule has 13 nitrogen and oxygen atoms in total. The van der Waals surface area contributed by atoms with Crippen LogP contribution >= 0.6 is 31.9 Å². The van der Waals surface area contributed by atoms with Gasteiger partial charge in [-0.25, -0.2) is 19.6 Å². The third kappa shape index (κ3) is 7.56. The number of aliphatic hydroxyl groups excluding tert-OH is 1. The van der Waals surface area contributed by atoms with Crippen LogP contribution in [-0.2, 0) is 45.1 Å². The molecule has 232 valence electrons. The maximum absolute atomic E-state index is 12.9. The monoisotopic (exact) mass is 731 g/mol. The number of hydrogen-bond acceptors (Lipinski definition) is 8. The highest BCUT2D eigenvalue weighted by Crippen LogP contribution is 2.23. The van der Waals surface area contributed by atoms with E-state index in [9.17, 15) is 19.2 Å². The molecular formula is C26H39Br2N7O6Si. The number of halogens is 2. The van der Waals surface area contributed by atoms with Gasteiger partial charge in [0.1, 0.15) is 12.5 Å². The second-order valence-corrected chi connectivity index (χ2v) is 18.6. The van der Waals surface area contributed by atoms with Crippen molar-refractivity contribution in [1.29, 1.82) is 0 Å². The van der Waals surface area contributed by atoms with Gasteiger partial charge in [0.15, 0.2) is 15.9 Å². The van der Waals surface area contributed by atoms with Crippen molar-refractivity contribution in [2.75, 3.05) is 13.2 Å². The molecule has 0 fully saturated rings. The van der Waals surface area contributed by atoms with Gasteiger partial charge in [-0.15, -0.1) is 0 Å². The fourth-order valence-electron chi connectivity index (χ4n) is 4.35. The molecule has 0 aromatic carbocycles. The van der Waals surface area contributed by atoms with E-state index in [1.165, 1.54) is 13.7 Å². The highest BCUT2D eigenvalue weighted by molar-refractivity contribution is 9.18. The Morgan fingerprint density at radius 3 is 2.17 bits per heavy atom. The van der Waals surface area contributed by atoms with E-state index in [1.54, 1.807) is 18.7 Å². The van der Waals surface area contributed by atoms with Crippen molar-refractivity contribution < 1.29 is 9.84 Å². The molecule has 0 bridgehead atoms. The number of fused-ring (bicyclic) bond motifs is 2. The van der Waals surface area contributed by atoms with Crippen molar-refractivity contribution in [2.24, 2.45) is 19.1 Å². The zero-order valence-corrected chi connectivity index (χ0v) is 29.1. The van der Waals surface area contributed by atoms with E-state index in [2.05, 4.69) is 61.5 Å². The number of aryl methyl sites for hydroxylation is 1. The summed E-state index contributed by atoms with van der Waals surface area (Å²) in [5, 5.41) is 8.76. The second kappa shape index (κ2) is 14.4. The van der Waals surface area contributed by atoms with Crippen molar-refractivity contribution in [1.82, 2.24) is 27.8 Å². The lowest BCUT2D eigenvalue weighted by atomic mass is 10.2. The minimum absolute atomic E-state index is 0.0487. The van der Waals surface area contributed by atoms with Crippen molar-refractivity contribution in [3.8, 4) is 0 Å². The Morgan fingerprint density at radius 1 is 0.929 bits per heavy atom. The van der Waals surface area contributed by atoms with Crippen LogP contribution in [0.25, 0.3) is 11.2 Å².